The minimum absolute atomic E-state index is 0.170. The maximum atomic E-state index is 11.7. The second kappa shape index (κ2) is 5.72. The molecule has 104 valence electrons. The smallest absolute Gasteiger partial charge is 0.231 e. The van der Waals surface area contributed by atoms with E-state index in [1.165, 1.54) is 5.56 Å². The molecule has 1 aromatic rings. The highest BCUT2D eigenvalue weighted by Gasteiger charge is 2.25. The predicted octanol–water partition coefficient (Wildman–Crippen LogP) is 1.45. The molecular formula is C15H23N3O. The number of anilines is 1. The number of carbonyl (C=O) groups excluding carboxylic acids is 1. The van der Waals surface area contributed by atoms with Gasteiger partial charge in [0, 0.05) is 18.8 Å². The summed E-state index contributed by atoms with van der Waals surface area (Å²) < 4.78 is 0. The van der Waals surface area contributed by atoms with Crippen molar-refractivity contribution < 1.29 is 4.79 Å². The third-order valence-corrected chi connectivity index (χ3v) is 4.04. The lowest BCUT2D eigenvalue weighted by Gasteiger charge is -2.24. The Morgan fingerprint density at radius 3 is 2.84 bits per heavy atom. The first-order valence-corrected chi connectivity index (χ1v) is 6.85. The summed E-state index contributed by atoms with van der Waals surface area (Å²) in [5, 5.41) is 3.36. The molecule has 0 aromatic heterocycles. The molecule has 1 aromatic carbocycles. The van der Waals surface area contributed by atoms with E-state index in [2.05, 4.69) is 30.4 Å². The fourth-order valence-electron chi connectivity index (χ4n) is 2.89. The highest BCUT2D eigenvalue weighted by molar-refractivity contribution is 6.00. The van der Waals surface area contributed by atoms with Crippen molar-refractivity contribution >= 4 is 11.6 Å². The number of nitrogens with one attached hydrogen (secondary N) is 1. The lowest BCUT2D eigenvalue weighted by Crippen LogP contribution is -2.25. The highest BCUT2D eigenvalue weighted by atomic mass is 16.2. The molecule has 4 nitrogen and oxygen atoms in total. The van der Waals surface area contributed by atoms with Crippen LogP contribution in [0.2, 0.25) is 0 Å². The Balaban J connectivity index is 2.27. The maximum absolute atomic E-state index is 11.7. The van der Waals surface area contributed by atoms with Gasteiger partial charge in [0.05, 0.1) is 6.42 Å². The van der Waals surface area contributed by atoms with Gasteiger partial charge in [-0.05, 0) is 43.1 Å². The minimum Gasteiger partial charge on any atom is -0.330 e. The van der Waals surface area contributed by atoms with Crippen LogP contribution in [-0.2, 0) is 11.2 Å². The summed E-state index contributed by atoms with van der Waals surface area (Å²) in [6.07, 6.45) is 1.50. The molecule has 4 heteroatoms. The molecule has 2 rings (SSSR count). The molecule has 19 heavy (non-hydrogen) atoms. The maximum Gasteiger partial charge on any atom is 0.231 e. The first-order valence-electron chi connectivity index (χ1n) is 6.85. The van der Waals surface area contributed by atoms with Crippen LogP contribution in [0.15, 0.2) is 18.2 Å². The van der Waals surface area contributed by atoms with Crippen LogP contribution in [0, 0.1) is 5.92 Å². The van der Waals surface area contributed by atoms with Crippen LogP contribution in [-0.4, -0.2) is 26.5 Å². The molecular weight excluding hydrogens is 238 g/mol. The summed E-state index contributed by atoms with van der Waals surface area (Å²) in [5.74, 6) is 0.644. The number of hydrogen-bond acceptors (Lipinski definition) is 3. The summed E-state index contributed by atoms with van der Waals surface area (Å²) in [6.45, 7) is 2.91. The van der Waals surface area contributed by atoms with Gasteiger partial charge >= 0.3 is 0 Å². The van der Waals surface area contributed by atoms with Gasteiger partial charge in [0.1, 0.15) is 0 Å². The molecule has 0 bridgehead atoms. The Bertz CT molecular complexity index is 472. The molecule has 0 aliphatic carbocycles. The zero-order valence-corrected chi connectivity index (χ0v) is 11.9. The average Bonchev–Trinajstić information content (AvgIpc) is 2.66. The number of fused-ring (bicyclic) bond motifs is 1. The van der Waals surface area contributed by atoms with Crippen LogP contribution in [0.1, 0.15) is 30.5 Å². The normalized spacial score (nSPS) is 17.5. The van der Waals surface area contributed by atoms with E-state index in [-0.39, 0.29) is 11.9 Å². The van der Waals surface area contributed by atoms with Crippen LogP contribution in [0.3, 0.4) is 0 Å². The van der Waals surface area contributed by atoms with Gasteiger partial charge in [-0.25, -0.2) is 0 Å². The molecule has 1 amide bonds. The van der Waals surface area contributed by atoms with E-state index in [1.54, 1.807) is 4.90 Å². The van der Waals surface area contributed by atoms with Gasteiger partial charge in [-0.15, -0.1) is 0 Å². The monoisotopic (exact) mass is 261 g/mol. The van der Waals surface area contributed by atoms with E-state index in [0.29, 0.717) is 18.9 Å². The van der Waals surface area contributed by atoms with Crippen LogP contribution < -0.4 is 16.0 Å². The van der Waals surface area contributed by atoms with Crippen molar-refractivity contribution in [1.82, 2.24) is 5.32 Å². The van der Waals surface area contributed by atoms with Crippen molar-refractivity contribution in [1.29, 1.82) is 0 Å². The van der Waals surface area contributed by atoms with Crippen LogP contribution in [0.5, 0.6) is 0 Å². The van der Waals surface area contributed by atoms with E-state index in [1.807, 2.05) is 14.1 Å². The zero-order chi connectivity index (χ0) is 14.0. The van der Waals surface area contributed by atoms with Gasteiger partial charge in [0.25, 0.3) is 0 Å². The van der Waals surface area contributed by atoms with Gasteiger partial charge in [-0.2, -0.15) is 0 Å². The number of benzene rings is 1. The van der Waals surface area contributed by atoms with E-state index in [0.717, 1.165) is 17.7 Å². The highest BCUT2D eigenvalue weighted by Crippen LogP contribution is 2.32. The fraction of sp³-hybridized carbons (Fsp3) is 0.533. The second-order valence-electron chi connectivity index (χ2n) is 5.34. The summed E-state index contributed by atoms with van der Waals surface area (Å²) in [7, 11) is 3.81. The van der Waals surface area contributed by atoms with Crippen molar-refractivity contribution in [3.8, 4) is 0 Å². The minimum atomic E-state index is 0.170. The Hall–Kier alpha value is -1.39. The molecule has 0 saturated carbocycles. The number of rotatable bonds is 5. The molecule has 2 atom stereocenters. The van der Waals surface area contributed by atoms with E-state index in [4.69, 9.17) is 5.73 Å². The number of hydrogen-bond donors (Lipinski definition) is 2. The average molecular weight is 261 g/mol. The Kier molecular flexibility index (Phi) is 4.22. The molecule has 1 heterocycles. The molecule has 0 fully saturated rings. The molecule has 0 radical (unpaired) electrons. The van der Waals surface area contributed by atoms with Gasteiger partial charge in [0.2, 0.25) is 5.91 Å². The number of amides is 1. The van der Waals surface area contributed by atoms with Gasteiger partial charge in [-0.3, -0.25) is 4.79 Å². The predicted molar refractivity (Wildman–Crippen MR) is 78.2 cm³/mol. The largest absolute Gasteiger partial charge is 0.330 e. The van der Waals surface area contributed by atoms with Crippen LogP contribution >= 0.6 is 0 Å². The van der Waals surface area contributed by atoms with Crippen molar-refractivity contribution in [3.05, 3.63) is 29.3 Å². The quantitative estimate of drug-likeness (QED) is 0.843. The molecule has 2 unspecified atom stereocenters. The molecule has 3 N–H and O–H groups in total. The number of nitrogens with zero attached hydrogens (tertiary/aromatic N) is 1. The third-order valence-electron chi connectivity index (χ3n) is 4.04. The zero-order valence-electron chi connectivity index (χ0n) is 11.9. The van der Waals surface area contributed by atoms with Gasteiger partial charge in [-0.1, -0.05) is 19.1 Å². The Morgan fingerprint density at radius 2 is 2.21 bits per heavy atom. The summed E-state index contributed by atoms with van der Waals surface area (Å²) >= 11 is 0. The number of carbonyl (C=O) groups is 1. The number of likely N-dealkylation sites (N-methyl/N-ethyl adjacent to an activating group) is 1. The second-order valence-corrected chi connectivity index (χ2v) is 5.34. The third kappa shape index (κ3) is 2.65. The summed E-state index contributed by atoms with van der Waals surface area (Å²) in [4.78, 5) is 13.4. The lowest BCUT2D eigenvalue weighted by molar-refractivity contribution is -0.117. The number of nitrogens with two attached hydrogens (primary N) is 1. The Morgan fingerprint density at radius 1 is 1.47 bits per heavy atom. The Labute approximate surface area is 115 Å². The van der Waals surface area contributed by atoms with Gasteiger partial charge < -0.3 is 16.0 Å². The molecule has 0 saturated heterocycles. The molecule has 1 aliphatic rings. The van der Waals surface area contributed by atoms with Crippen LogP contribution in [0.4, 0.5) is 5.69 Å². The van der Waals surface area contributed by atoms with Crippen molar-refractivity contribution in [2.75, 3.05) is 25.5 Å². The fourth-order valence-corrected chi connectivity index (χ4v) is 2.89. The van der Waals surface area contributed by atoms with E-state index >= 15 is 0 Å². The molecule has 0 spiro atoms. The van der Waals surface area contributed by atoms with E-state index < -0.39 is 0 Å². The lowest BCUT2D eigenvalue weighted by atomic mass is 9.90. The van der Waals surface area contributed by atoms with Crippen molar-refractivity contribution in [3.63, 3.8) is 0 Å². The summed E-state index contributed by atoms with van der Waals surface area (Å²) in [6, 6.07) is 6.61. The summed E-state index contributed by atoms with van der Waals surface area (Å²) in [5.41, 5.74) is 9.06. The van der Waals surface area contributed by atoms with Crippen molar-refractivity contribution in [2.24, 2.45) is 11.7 Å². The standard InChI is InChI=1S/C15H23N3O/c1-10(6-7-16)15(17-2)11-4-5-13-12(8-11)9-14(19)18(13)3/h4-5,8,10,15,17H,6-7,9,16H2,1-3H3. The first kappa shape index (κ1) is 14.0. The topological polar surface area (TPSA) is 58.4 Å². The van der Waals surface area contributed by atoms with E-state index in [9.17, 15) is 4.79 Å². The van der Waals surface area contributed by atoms with Crippen LogP contribution in [0.25, 0.3) is 0 Å². The molecule has 1 aliphatic heterocycles. The van der Waals surface area contributed by atoms with Crippen molar-refractivity contribution in [2.45, 2.75) is 25.8 Å². The SMILES string of the molecule is CNC(c1ccc2c(c1)CC(=O)N2C)C(C)CCN. The van der Waals surface area contributed by atoms with Gasteiger partial charge in [0.15, 0.2) is 0 Å². The first-order chi connectivity index (χ1) is 9.08.